The van der Waals surface area contributed by atoms with E-state index >= 15 is 0 Å². The Labute approximate surface area is 151 Å². The number of hydrogen-bond donors (Lipinski definition) is 7. The molecule has 0 fully saturated rings. The summed E-state index contributed by atoms with van der Waals surface area (Å²) in [4.78, 5) is 46.4. The molecule has 3 atom stereocenters. The number of carbonyl (C=O) groups excluding carboxylic acids is 3. The highest BCUT2D eigenvalue weighted by atomic mass is 32.1. The van der Waals surface area contributed by atoms with Gasteiger partial charge in [-0.2, -0.15) is 12.6 Å². The highest BCUT2D eigenvalue weighted by Gasteiger charge is 2.25. The number of nitrogens with two attached hydrogens (primary N) is 1. The van der Waals surface area contributed by atoms with Gasteiger partial charge in [0.15, 0.2) is 0 Å². The number of nitrogens with one attached hydrogen (secondary N) is 3. The first kappa shape index (κ1) is 23.1. The zero-order valence-electron chi connectivity index (χ0n) is 14.2. The van der Waals surface area contributed by atoms with Gasteiger partial charge in [0.2, 0.25) is 17.7 Å². The van der Waals surface area contributed by atoms with Gasteiger partial charge < -0.3 is 31.9 Å². The Morgan fingerprint density at radius 1 is 1.08 bits per heavy atom. The molecule has 0 heterocycles. The average molecular weight is 378 g/mol. The van der Waals surface area contributed by atoms with Gasteiger partial charge in [-0.25, -0.2) is 4.79 Å². The third-order valence-electron chi connectivity index (χ3n) is 3.11. The molecular formula is C14H26N4O6S. The van der Waals surface area contributed by atoms with Gasteiger partial charge in [0.05, 0.1) is 13.2 Å². The van der Waals surface area contributed by atoms with Crippen LogP contribution in [0.15, 0.2) is 0 Å². The van der Waals surface area contributed by atoms with E-state index in [2.05, 4.69) is 28.6 Å². The van der Waals surface area contributed by atoms with Crippen LogP contribution in [0.4, 0.5) is 0 Å². The molecule has 0 aromatic heterocycles. The predicted octanol–water partition coefficient (Wildman–Crippen LogP) is -2.55. The number of carbonyl (C=O) groups is 4. The summed E-state index contributed by atoms with van der Waals surface area (Å²) in [6.45, 7) is 2.67. The number of carboxylic acid groups (broad SMARTS) is 1. The number of carboxylic acids is 1. The Morgan fingerprint density at radius 2 is 1.68 bits per heavy atom. The van der Waals surface area contributed by atoms with E-state index in [4.69, 9.17) is 15.9 Å². The van der Waals surface area contributed by atoms with Crippen molar-refractivity contribution in [2.75, 3.05) is 18.9 Å². The van der Waals surface area contributed by atoms with Gasteiger partial charge in [-0.05, 0) is 12.3 Å². The van der Waals surface area contributed by atoms with Gasteiger partial charge in [0.1, 0.15) is 18.1 Å². The molecule has 0 saturated heterocycles. The van der Waals surface area contributed by atoms with Crippen molar-refractivity contribution in [1.29, 1.82) is 0 Å². The monoisotopic (exact) mass is 378 g/mol. The average Bonchev–Trinajstić information content (AvgIpc) is 2.55. The summed E-state index contributed by atoms with van der Waals surface area (Å²) in [5.41, 5.74) is 5.40. The van der Waals surface area contributed by atoms with E-state index in [-0.39, 0.29) is 11.7 Å². The fourth-order valence-corrected chi connectivity index (χ4v) is 2.03. The van der Waals surface area contributed by atoms with Crippen molar-refractivity contribution in [1.82, 2.24) is 16.0 Å². The molecule has 0 spiro atoms. The van der Waals surface area contributed by atoms with E-state index in [0.717, 1.165) is 0 Å². The third-order valence-corrected chi connectivity index (χ3v) is 3.48. The van der Waals surface area contributed by atoms with Crippen LogP contribution in [0.3, 0.4) is 0 Å². The van der Waals surface area contributed by atoms with Gasteiger partial charge in [0.25, 0.3) is 0 Å². The van der Waals surface area contributed by atoms with Crippen LogP contribution in [-0.2, 0) is 19.2 Å². The van der Waals surface area contributed by atoms with Crippen molar-refractivity contribution < 1.29 is 29.4 Å². The Balaban J connectivity index is 4.68. The van der Waals surface area contributed by atoms with Crippen LogP contribution < -0.4 is 21.7 Å². The highest BCUT2D eigenvalue weighted by molar-refractivity contribution is 7.80. The van der Waals surface area contributed by atoms with E-state index in [1.54, 1.807) is 0 Å². The van der Waals surface area contributed by atoms with Crippen LogP contribution in [0.2, 0.25) is 0 Å². The molecule has 0 bridgehead atoms. The minimum atomic E-state index is -1.24. The molecule has 0 rings (SSSR count). The van der Waals surface area contributed by atoms with Gasteiger partial charge >= 0.3 is 5.97 Å². The first-order valence-electron chi connectivity index (χ1n) is 7.69. The molecule has 7 N–H and O–H groups in total. The fraction of sp³-hybridized carbons (Fsp3) is 0.714. The summed E-state index contributed by atoms with van der Waals surface area (Å²) in [5, 5.41) is 24.7. The molecule has 0 aromatic rings. The summed E-state index contributed by atoms with van der Waals surface area (Å²) in [6, 6.07) is -3.25. The highest BCUT2D eigenvalue weighted by Crippen LogP contribution is 2.05. The van der Waals surface area contributed by atoms with Crippen LogP contribution in [0, 0.1) is 5.92 Å². The molecule has 3 unspecified atom stereocenters. The summed E-state index contributed by atoms with van der Waals surface area (Å²) in [6.07, 6.45) is 0.297. The summed E-state index contributed by atoms with van der Waals surface area (Å²) >= 11 is 3.81. The molecule has 0 aliphatic rings. The summed E-state index contributed by atoms with van der Waals surface area (Å²) < 4.78 is 0. The molecular weight excluding hydrogens is 352 g/mol. The van der Waals surface area contributed by atoms with Crippen LogP contribution >= 0.6 is 12.6 Å². The van der Waals surface area contributed by atoms with Gasteiger partial charge in [-0.3, -0.25) is 14.4 Å². The maximum Gasteiger partial charge on any atom is 0.327 e. The first-order valence-corrected chi connectivity index (χ1v) is 8.33. The third kappa shape index (κ3) is 9.27. The summed E-state index contributed by atoms with van der Waals surface area (Å²) in [7, 11) is 0. The molecule has 0 saturated carbocycles. The second-order valence-corrected chi connectivity index (χ2v) is 6.20. The fourth-order valence-electron chi connectivity index (χ4n) is 1.79. The van der Waals surface area contributed by atoms with Crippen molar-refractivity contribution in [3.05, 3.63) is 0 Å². The SMILES string of the molecule is CC(C)CC(NC(=O)C(N)CO)C(=O)NCC(=O)NC(CS)C(=O)O. The molecule has 0 aliphatic carbocycles. The number of aliphatic carboxylic acids is 1. The number of thiol groups is 1. The molecule has 10 nitrogen and oxygen atoms in total. The van der Waals surface area contributed by atoms with Crippen LogP contribution in [0.25, 0.3) is 0 Å². The Kier molecular flexibility index (Phi) is 10.8. The van der Waals surface area contributed by atoms with Gasteiger partial charge in [0, 0.05) is 5.75 Å². The number of hydrogen-bond acceptors (Lipinski definition) is 7. The van der Waals surface area contributed by atoms with E-state index < -0.39 is 55.0 Å². The standard InChI is InChI=1S/C14H26N4O6S/c1-7(2)3-9(18-12(21)8(15)5-19)13(22)16-4-11(20)17-10(6-25)14(23)24/h7-10,19,25H,3-6,15H2,1-2H3,(H,16,22)(H,17,20)(H,18,21)(H,23,24). The first-order chi connectivity index (χ1) is 11.6. The van der Waals surface area contributed by atoms with Crippen LogP contribution in [0.1, 0.15) is 20.3 Å². The lowest BCUT2D eigenvalue weighted by Gasteiger charge is -2.21. The molecule has 0 aliphatic heterocycles. The smallest absolute Gasteiger partial charge is 0.327 e. The van der Waals surface area contributed by atoms with Gasteiger partial charge in [-0.15, -0.1) is 0 Å². The van der Waals surface area contributed by atoms with Crippen molar-refractivity contribution >= 4 is 36.3 Å². The summed E-state index contributed by atoms with van der Waals surface area (Å²) in [5.74, 6) is -3.26. The van der Waals surface area contributed by atoms with E-state index in [9.17, 15) is 19.2 Å². The molecule has 25 heavy (non-hydrogen) atoms. The maximum absolute atomic E-state index is 12.2. The molecule has 0 aromatic carbocycles. The van der Waals surface area contributed by atoms with Crippen molar-refractivity contribution in [3.63, 3.8) is 0 Å². The van der Waals surface area contributed by atoms with Crippen LogP contribution in [0.5, 0.6) is 0 Å². The maximum atomic E-state index is 12.2. The number of aliphatic hydroxyl groups is 1. The number of rotatable bonds is 11. The Bertz CT molecular complexity index is 488. The molecule has 3 amide bonds. The predicted molar refractivity (Wildman–Crippen MR) is 92.9 cm³/mol. The Morgan fingerprint density at radius 3 is 2.12 bits per heavy atom. The lowest BCUT2D eigenvalue weighted by molar-refractivity contribution is -0.141. The minimum absolute atomic E-state index is 0.0656. The largest absolute Gasteiger partial charge is 0.480 e. The molecule has 0 radical (unpaired) electrons. The topological polar surface area (TPSA) is 171 Å². The van der Waals surface area contributed by atoms with Crippen molar-refractivity contribution in [2.24, 2.45) is 11.7 Å². The lowest BCUT2D eigenvalue weighted by atomic mass is 10.0. The van der Waals surface area contributed by atoms with Crippen LogP contribution in [-0.4, -0.2) is 70.9 Å². The Hall–Kier alpha value is -1.85. The molecule has 11 heteroatoms. The quantitative estimate of drug-likeness (QED) is 0.194. The van der Waals surface area contributed by atoms with E-state index in [0.29, 0.717) is 6.42 Å². The zero-order valence-corrected chi connectivity index (χ0v) is 15.1. The van der Waals surface area contributed by atoms with E-state index in [1.165, 1.54) is 0 Å². The number of aliphatic hydroxyl groups excluding tert-OH is 1. The van der Waals surface area contributed by atoms with Crippen molar-refractivity contribution in [3.8, 4) is 0 Å². The second kappa shape index (κ2) is 11.7. The van der Waals surface area contributed by atoms with Crippen molar-refractivity contribution in [2.45, 2.75) is 38.4 Å². The zero-order chi connectivity index (χ0) is 19.6. The number of amides is 3. The van der Waals surface area contributed by atoms with Gasteiger partial charge in [-0.1, -0.05) is 13.8 Å². The normalized spacial score (nSPS) is 14.3. The lowest BCUT2D eigenvalue weighted by Crippen LogP contribution is -2.54. The molecule has 144 valence electrons. The second-order valence-electron chi connectivity index (χ2n) is 5.84. The minimum Gasteiger partial charge on any atom is -0.480 e. The van der Waals surface area contributed by atoms with E-state index in [1.807, 2.05) is 13.8 Å².